The summed E-state index contributed by atoms with van der Waals surface area (Å²) >= 11 is 3.30. The second kappa shape index (κ2) is 8.62. The molecule has 0 fully saturated rings. The third-order valence-corrected chi connectivity index (χ3v) is 3.77. The van der Waals surface area contributed by atoms with E-state index in [0.717, 1.165) is 4.47 Å². The van der Waals surface area contributed by atoms with Crippen LogP contribution in [0.1, 0.15) is 15.9 Å². The molecule has 132 valence electrons. The monoisotopic (exact) mass is 412 g/mol. The zero-order valence-electron chi connectivity index (χ0n) is 13.5. The van der Waals surface area contributed by atoms with Gasteiger partial charge in [-0.2, -0.15) is 8.78 Å². The average molecular weight is 413 g/mol. The fourth-order valence-corrected chi connectivity index (χ4v) is 2.35. The van der Waals surface area contributed by atoms with Gasteiger partial charge in [0.1, 0.15) is 0 Å². The lowest BCUT2D eigenvalue weighted by Gasteiger charge is -2.14. The number of hydrogen-bond donors (Lipinski definition) is 0. The first-order valence-electron chi connectivity index (χ1n) is 7.13. The highest BCUT2D eigenvalue weighted by Crippen LogP contribution is 2.39. The van der Waals surface area contributed by atoms with Crippen LogP contribution in [-0.4, -0.2) is 26.6 Å². The summed E-state index contributed by atoms with van der Waals surface area (Å²) < 4.78 is 40.5. The Morgan fingerprint density at radius 3 is 2.12 bits per heavy atom. The van der Waals surface area contributed by atoms with Crippen LogP contribution in [0.4, 0.5) is 8.78 Å². The van der Waals surface area contributed by atoms with Gasteiger partial charge in [0.05, 0.1) is 14.2 Å². The van der Waals surface area contributed by atoms with Gasteiger partial charge in [-0.3, -0.25) is 4.79 Å². The van der Waals surface area contributed by atoms with Crippen molar-refractivity contribution in [3.63, 3.8) is 0 Å². The predicted molar refractivity (Wildman–Crippen MR) is 93.7 cm³/mol. The summed E-state index contributed by atoms with van der Waals surface area (Å²) in [5.74, 6) is -0.236. The molecule has 0 N–H and O–H groups in total. The quantitative estimate of drug-likeness (QED) is 0.475. The Morgan fingerprint density at radius 2 is 1.64 bits per heavy atom. The molecule has 2 aromatic rings. The highest BCUT2D eigenvalue weighted by molar-refractivity contribution is 9.10. The van der Waals surface area contributed by atoms with Gasteiger partial charge < -0.3 is 14.2 Å². The highest BCUT2D eigenvalue weighted by Gasteiger charge is 2.17. The molecule has 0 aliphatic rings. The third-order valence-electron chi connectivity index (χ3n) is 3.25. The number of rotatable bonds is 7. The molecule has 7 heteroatoms. The minimum Gasteiger partial charge on any atom is -0.493 e. The number of ketones is 1. The van der Waals surface area contributed by atoms with Crippen molar-refractivity contribution in [1.82, 2.24) is 0 Å². The first-order valence-corrected chi connectivity index (χ1v) is 7.92. The van der Waals surface area contributed by atoms with E-state index in [1.54, 1.807) is 30.3 Å². The second-order valence-corrected chi connectivity index (χ2v) is 5.75. The third kappa shape index (κ3) is 5.03. The zero-order chi connectivity index (χ0) is 18.4. The lowest BCUT2D eigenvalue weighted by molar-refractivity contribution is -0.0526. The number of ether oxygens (including phenoxy) is 3. The Bertz CT molecular complexity index is 748. The summed E-state index contributed by atoms with van der Waals surface area (Å²) in [6.07, 6.45) is 2.92. The highest BCUT2D eigenvalue weighted by atomic mass is 79.9. The molecule has 2 aromatic carbocycles. The van der Waals surface area contributed by atoms with Crippen LogP contribution in [0.5, 0.6) is 17.2 Å². The van der Waals surface area contributed by atoms with E-state index in [9.17, 15) is 13.6 Å². The number of carbonyl (C=O) groups excluding carboxylic acids is 1. The average Bonchev–Trinajstić information content (AvgIpc) is 2.60. The molecule has 0 aliphatic heterocycles. The van der Waals surface area contributed by atoms with Gasteiger partial charge in [0.2, 0.25) is 5.75 Å². The SMILES string of the molecule is COc1cc(/C=C/C(=O)c2ccc(Br)cc2)cc(OC)c1OC(F)F. The first kappa shape index (κ1) is 18.9. The van der Waals surface area contributed by atoms with Crippen molar-refractivity contribution in [1.29, 1.82) is 0 Å². The number of allylic oxidation sites excluding steroid dienone is 1. The summed E-state index contributed by atoms with van der Waals surface area (Å²) in [7, 11) is 2.65. The summed E-state index contributed by atoms with van der Waals surface area (Å²) in [6.45, 7) is -3.01. The van der Waals surface area contributed by atoms with Crippen molar-refractivity contribution in [2.75, 3.05) is 14.2 Å². The molecule has 0 bridgehead atoms. The Kier molecular flexibility index (Phi) is 6.52. The maximum Gasteiger partial charge on any atom is 0.387 e. The standard InChI is InChI=1S/C18H15BrF2O4/c1-23-15-9-11(10-16(24-2)17(15)25-18(20)21)3-8-14(22)12-4-6-13(19)7-5-12/h3-10,18H,1-2H3/b8-3+. The smallest absolute Gasteiger partial charge is 0.387 e. The topological polar surface area (TPSA) is 44.8 Å². The summed E-state index contributed by atoms with van der Waals surface area (Å²) in [6, 6.07) is 9.87. The summed E-state index contributed by atoms with van der Waals surface area (Å²) in [4.78, 5) is 12.2. The van der Waals surface area contributed by atoms with E-state index in [1.165, 1.54) is 32.4 Å². The Morgan fingerprint density at radius 1 is 1.08 bits per heavy atom. The van der Waals surface area contributed by atoms with E-state index in [4.69, 9.17) is 9.47 Å². The summed E-state index contributed by atoms with van der Waals surface area (Å²) in [5, 5.41) is 0. The van der Waals surface area contributed by atoms with Gasteiger partial charge in [-0.25, -0.2) is 0 Å². The lowest BCUT2D eigenvalue weighted by Crippen LogP contribution is -2.05. The number of hydrogen-bond acceptors (Lipinski definition) is 4. The molecule has 4 nitrogen and oxygen atoms in total. The van der Waals surface area contributed by atoms with Crippen molar-refractivity contribution >= 4 is 27.8 Å². The van der Waals surface area contributed by atoms with Gasteiger partial charge >= 0.3 is 6.61 Å². The zero-order valence-corrected chi connectivity index (χ0v) is 15.0. The molecule has 0 aliphatic carbocycles. The molecule has 0 aromatic heterocycles. The molecule has 0 spiro atoms. The fourth-order valence-electron chi connectivity index (χ4n) is 2.08. The number of methoxy groups -OCH3 is 2. The van der Waals surface area contributed by atoms with Crippen molar-refractivity contribution < 1.29 is 27.8 Å². The minimum atomic E-state index is -3.01. The van der Waals surface area contributed by atoms with Crippen LogP contribution in [-0.2, 0) is 0 Å². The molecule has 2 rings (SSSR count). The van der Waals surface area contributed by atoms with Gasteiger partial charge in [-0.05, 0) is 48.0 Å². The molecule has 0 atom stereocenters. The van der Waals surface area contributed by atoms with E-state index in [0.29, 0.717) is 11.1 Å². The van der Waals surface area contributed by atoms with E-state index >= 15 is 0 Å². The molecular weight excluding hydrogens is 398 g/mol. The van der Waals surface area contributed by atoms with Crippen LogP contribution in [0.15, 0.2) is 46.9 Å². The summed E-state index contributed by atoms with van der Waals surface area (Å²) in [5.41, 5.74) is 1.07. The Balaban J connectivity index is 2.29. The molecule has 0 amide bonds. The van der Waals surface area contributed by atoms with E-state index in [2.05, 4.69) is 20.7 Å². The maximum absolute atomic E-state index is 12.5. The lowest BCUT2D eigenvalue weighted by atomic mass is 10.1. The van der Waals surface area contributed by atoms with Gasteiger partial charge in [0.15, 0.2) is 17.3 Å². The Labute approximate surface area is 152 Å². The van der Waals surface area contributed by atoms with E-state index in [-0.39, 0.29) is 23.0 Å². The predicted octanol–water partition coefficient (Wildman–Crippen LogP) is 4.96. The van der Waals surface area contributed by atoms with Gasteiger partial charge in [-0.15, -0.1) is 0 Å². The van der Waals surface area contributed by atoms with E-state index < -0.39 is 6.61 Å². The fraction of sp³-hybridized carbons (Fsp3) is 0.167. The van der Waals surface area contributed by atoms with E-state index in [1.807, 2.05) is 0 Å². The molecule has 0 heterocycles. The van der Waals surface area contributed by atoms with Crippen LogP contribution < -0.4 is 14.2 Å². The van der Waals surface area contributed by atoms with Crippen LogP contribution >= 0.6 is 15.9 Å². The van der Waals surface area contributed by atoms with Gasteiger partial charge in [0.25, 0.3) is 0 Å². The molecule has 0 radical (unpaired) electrons. The minimum absolute atomic E-state index is 0.0791. The number of carbonyl (C=O) groups is 1. The normalized spacial score (nSPS) is 11.0. The Hall–Kier alpha value is -2.41. The molecule has 0 saturated heterocycles. The van der Waals surface area contributed by atoms with Crippen LogP contribution in [0, 0.1) is 0 Å². The van der Waals surface area contributed by atoms with Gasteiger partial charge in [-0.1, -0.05) is 22.0 Å². The van der Waals surface area contributed by atoms with Crippen molar-refractivity contribution in [2.24, 2.45) is 0 Å². The molecule has 0 saturated carbocycles. The first-order chi connectivity index (χ1) is 11.9. The van der Waals surface area contributed by atoms with Crippen molar-refractivity contribution in [2.45, 2.75) is 6.61 Å². The van der Waals surface area contributed by atoms with Crippen LogP contribution in [0.2, 0.25) is 0 Å². The number of alkyl halides is 2. The van der Waals surface area contributed by atoms with Crippen molar-refractivity contribution in [3.05, 3.63) is 58.1 Å². The van der Waals surface area contributed by atoms with Crippen LogP contribution in [0.25, 0.3) is 6.08 Å². The van der Waals surface area contributed by atoms with Crippen LogP contribution in [0.3, 0.4) is 0 Å². The maximum atomic E-state index is 12.5. The van der Waals surface area contributed by atoms with Crippen molar-refractivity contribution in [3.8, 4) is 17.2 Å². The number of halogens is 3. The molecule has 25 heavy (non-hydrogen) atoms. The van der Waals surface area contributed by atoms with Gasteiger partial charge in [0, 0.05) is 10.0 Å². The molecule has 0 unspecified atom stereocenters. The molecular formula is C18H15BrF2O4. The second-order valence-electron chi connectivity index (χ2n) is 4.84. The largest absolute Gasteiger partial charge is 0.493 e. The number of benzene rings is 2.